The molecular weight excluding hydrogens is 440 g/mol. The standard InChI is InChI=1S/C25H22N2O3S2/c1-3-30-25(29)22-19(17-9-5-4-6-10-17)15-31-24(22)27-23(28)16(2)32-21-14-13-18-11-7-8-12-20(18)26-21/h4-16H,3H2,1-2H3,(H,27,28). The van der Waals surface area contributed by atoms with Crippen LogP contribution in [0.1, 0.15) is 24.2 Å². The van der Waals surface area contributed by atoms with E-state index >= 15 is 0 Å². The SMILES string of the molecule is CCOC(=O)c1c(-c2ccccc2)csc1NC(=O)C(C)Sc1ccc2ccccc2n1. The summed E-state index contributed by atoms with van der Waals surface area (Å²) in [6, 6.07) is 21.4. The van der Waals surface area contributed by atoms with Crippen LogP contribution in [0.5, 0.6) is 0 Å². The third kappa shape index (κ3) is 4.84. The van der Waals surface area contributed by atoms with Crippen molar-refractivity contribution in [3.8, 4) is 11.1 Å². The summed E-state index contributed by atoms with van der Waals surface area (Å²) >= 11 is 2.70. The van der Waals surface area contributed by atoms with E-state index in [0.29, 0.717) is 10.6 Å². The maximum Gasteiger partial charge on any atom is 0.341 e. The molecule has 0 spiro atoms. The number of pyridine rings is 1. The van der Waals surface area contributed by atoms with Gasteiger partial charge in [-0.25, -0.2) is 9.78 Å². The van der Waals surface area contributed by atoms with Gasteiger partial charge in [0.25, 0.3) is 0 Å². The van der Waals surface area contributed by atoms with Crippen molar-refractivity contribution in [1.82, 2.24) is 4.98 Å². The maximum absolute atomic E-state index is 13.0. The number of carbonyl (C=O) groups excluding carboxylic acids is 2. The van der Waals surface area contributed by atoms with Gasteiger partial charge in [-0.2, -0.15) is 0 Å². The molecular formula is C25H22N2O3S2. The molecule has 2 aromatic heterocycles. The van der Waals surface area contributed by atoms with E-state index in [-0.39, 0.29) is 12.5 Å². The van der Waals surface area contributed by atoms with Crippen molar-refractivity contribution < 1.29 is 14.3 Å². The van der Waals surface area contributed by atoms with E-state index in [4.69, 9.17) is 4.74 Å². The van der Waals surface area contributed by atoms with Gasteiger partial charge in [-0.05, 0) is 31.5 Å². The number of nitrogens with one attached hydrogen (secondary N) is 1. The first kappa shape index (κ1) is 22.0. The fraction of sp³-hybridized carbons (Fsp3) is 0.160. The molecule has 0 aliphatic rings. The predicted octanol–water partition coefficient (Wildman–Crippen LogP) is 6.26. The van der Waals surface area contributed by atoms with E-state index in [9.17, 15) is 9.59 Å². The van der Waals surface area contributed by atoms with Gasteiger partial charge in [0, 0.05) is 16.3 Å². The Morgan fingerprint density at radius 3 is 2.59 bits per heavy atom. The number of rotatable bonds is 7. The maximum atomic E-state index is 13.0. The molecule has 1 unspecified atom stereocenters. The van der Waals surface area contributed by atoms with Crippen molar-refractivity contribution in [2.24, 2.45) is 0 Å². The number of fused-ring (bicyclic) bond motifs is 1. The summed E-state index contributed by atoms with van der Waals surface area (Å²) in [6.45, 7) is 3.85. The Labute approximate surface area is 194 Å². The first-order chi connectivity index (χ1) is 15.6. The molecule has 0 saturated heterocycles. The van der Waals surface area contributed by atoms with Gasteiger partial charge in [0.05, 0.1) is 22.4 Å². The molecule has 0 aliphatic carbocycles. The molecule has 0 fully saturated rings. The average molecular weight is 463 g/mol. The van der Waals surface area contributed by atoms with Gasteiger partial charge in [0.1, 0.15) is 10.6 Å². The van der Waals surface area contributed by atoms with Crippen molar-refractivity contribution in [3.05, 3.63) is 77.7 Å². The van der Waals surface area contributed by atoms with E-state index < -0.39 is 11.2 Å². The molecule has 1 amide bonds. The van der Waals surface area contributed by atoms with E-state index in [1.54, 1.807) is 6.92 Å². The number of para-hydroxylation sites is 1. The van der Waals surface area contributed by atoms with Crippen molar-refractivity contribution in [2.75, 3.05) is 11.9 Å². The predicted molar refractivity (Wildman–Crippen MR) is 131 cm³/mol. The average Bonchev–Trinajstić information content (AvgIpc) is 3.23. The monoisotopic (exact) mass is 462 g/mol. The van der Waals surface area contributed by atoms with Crippen LogP contribution in [-0.2, 0) is 9.53 Å². The Balaban J connectivity index is 1.55. The third-order valence-corrected chi connectivity index (χ3v) is 6.76. The topological polar surface area (TPSA) is 68.3 Å². The molecule has 0 radical (unpaired) electrons. The first-order valence-corrected chi connectivity index (χ1v) is 12.0. The smallest absolute Gasteiger partial charge is 0.341 e. The zero-order valence-electron chi connectivity index (χ0n) is 17.7. The Morgan fingerprint density at radius 2 is 1.81 bits per heavy atom. The van der Waals surface area contributed by atoms with Gasteiger partial charge in [-0.3, -0.25) is 4.79 Å². The number of hydrogen-bond acceptors (Lipinski definition) is 6. The molecule has 1 N–H and O–H groups in total. The van der Waals surface area contributed by atoms with E-state index in [0.717, 1.165) is 27.1 Å². The van der Waals surface area contributed by atoms with Crippen LogP contribution in [0.2, 0.25) is 0 Å². The Kier molecular flexibility index (Phi) is 6.87. The van der Waals surface area contributed by atoms with Gasteiger partial charge in [-0.15, -0.1) is 11.3 Å². The van der Waals surface area contributed by atoms with Crippen LogP contribution in [0.15, 0.2) is 77.1 Å². The second-order valence-corrected chi connectivity index (χ2v) is 9.27. The second kappa shape index (κ2) is 9.97. The van der Waals surface area contributed by atoms with Gasteiger partial charge in [0.2, 0.25) is 5.91 Å². The number of anilines is 1. The number of hydrogen-bond donors (Lipinski definition) is 1. The van der Waals surface area contributed by atoms with Crippen LogP contribution in [0.4, 0.5) is 5.00 Å². The Morgan fingerprint density at radius 1 is 1.06 bits per heavy atom. The zero-order chi connectivity index (χ0) is 22.5. The van der Waals surface area contributed by atoms with Crippen LogP contribution >= 0.6 is 23.1 Å². The number of ether oxygens (including phenoxy) is 1. The number of benzene rings is 2. The Hall–Kier alpha value is -3.16. The molecule has 162 valence electrons. The highest BCUT2D eigenvalue weighted by molar-refractivity contribution is 8.00. The van der Waals surface area contributed by atoms with Gasteiger partial charge in [-0.1, -0.05) is 66.4 Å². The quantitative estimate of drug-likeness (QED) is 0.259. The summed E-state index contributed by atoms with van der Waals surface area (Å²) in [4.78, 5) is 30.3. The summed E-state index contributed by atoms with van der Waals surface area (Å²) in [6.07, 6.45) is 0. The Bertz CT molecular complexity index is 1250. The molecule has 0 aliphatic heterocycles. The second-order valence-electron chi connectivity index (χ2n) is 7.03. The van der Waals surface area contributed by atoms with Crippen molar-refractivity contribution >= 4 is 50.9 Å². The molecule has 5 nitrogen and oxygen atoms in total. The van der Waals surface area contributed by atoms with Gasteiger partial charge >= 0.3 is 5.97 Å². The number of thioether (sulfide) groups is 1. The van der Waals surface area contributed by atoms with Crippen LogP contribution in [0, 0.1) is 0 Å². The summed E-state index contributed by atoms with van der Waals surface area (Å²) < 4.78 is 5.27. The lowest BCUT2D eigenvalue weighted by molar-refractivity contribution is -0.115. The minimum atomic E-state index is -0.445. The summed E-state index contributed by atoms with van der Waals surface area (Å²) in [5.74, 6) is -0.642. The zero-order valence-corrected chi connectivity index (χ0v) is 19.3. The first-order valence-electron chi connectivity index (χ1n) is 10.2. The normalized spacial score (nSPS) is 11.8. The molecule has 0 saturated carbocycles. The lowest BCUT2D eigenvalue weighted by atomic mass is 10.0. The number of carbonyl (C=O) groups is 2. The molecule has 7 heteroatoms. The third-order valence-electron chi connectivity index (χ3n) is 4.83. The minimum absolute atomic E-state index is 0.197. The van der Waals surface area contributed by atoms with Crippen molar-refractivity contribution in [2.45, 2.75) is 24.1 Å². The minimum Gasteiger partial charge on any atom is -0.462 e. The van der Waals surface area contributed by atoms with Crippen LogP contribution < -0.4 is 5.32 Å². The highest BCUT2D eigenvalue weighted by atomic mass is 32.2. The van der Waals surface area contributed by atoms with Crippen LogP contribution in [-0.4, -0.2) is 28.7 Å². The molecule has 2 aromatic carbocycles. The summed E-state index contributed by atoms with van der Waals surface area (Å²) in [7, 11) is 0. The summed E-state index contributed by atoms with van der Waals surface area (Å²) in [5.41, 5.74) is 2.92. The van der Waals surface area contributed by atoms with Gasteiger partial charge in [0.15, 0.2) is 0 Å². The number of amides is 1. The van der Waals surface area contributed by atoms with E-state index in [1.807, 2.05) is 79.0 Å². The number of nitrogens with zero attached hydrogens (tertiary/aromatic N) is 1. The molecule has 1 atom stereocenters. The lowest BCUT2D eigenvalue weighted by Crippen LogP contribution is -2.23. The molecule has 32 heavy (non-hydrogen) atoms. The number of thiophene rings is 1. The highest BCUT2D eigenvalue weighted by Gasteiger charge is 2.24. The molecule has 4 aromatic rings. The van der Waals surface area contributed by atoms with E-state index in [1.165, 1.54) is 23.1 Å². The van der Waals surface area contributed by atoms with Crippen molar-refractivity contribution in [1.29, 1.82) is 0 Å². The number of aromatic nitrogens is 1. The molecule has 2 heterocycles. The van der Waals surface area contributed by atoms with Crippen LogP contribution in [0.3, 0.4) is 0 Å². The van der Waals surface area contributed by atoms with E-state index in [2.05, 4.69) is 10.3 Å². The van der Waals surface area contributed by atoms with Crippen LogP contribution in [0.25, 0.3) is 22.0 Å². The van der Waals surface area contributed by atoms with Gasteiger partial charge < -0.3 is 10.1 Å². The van der Waals surface area contributed by atoms with Crippen molar-refractivity contribution in [3.63, 3.8) is 0 Å². The number of esters is 1. The fourth-order valence-electron chi connectivity index (χ4n) is 3.25. The molecule has 4 rings (SSSR count). The largest absolute Gasteiger partial charge is 0.462 e. The highest BCUT2D eigenvalue weighted by Crippen LogP contribution is 2.37. The fourth-order valence-corrected chi connectivity index (χ4v) is 5.03. The summed E-state index contributed by atoms with van der Waals surface area (Å²) in [5, 5.41) is 6.72. The lowest BCUT2D eigenvalue weighted by Gasteiger charge is -2.13. The molecule has 0 bridgehead atoms.